The van der Waals surface area contributed by atoms with Crippen molar-refractivity contribution in [1.82, 2.24) is 20.1 Å². The fourth-order valence-corrected chi connectivity index (χ4v) is 3.93. The molecule has 0 spiro atoms. The van der Waals surface area contributed by atoms with Crippen molar-refractivity contribution in [2.24, 2.45) is 0 Å². The fourth-order valence-electron chi connectivity index (χ4n) is 2.81. The molecule has 0 aliphatic heterocycles. The maximum absolute atomic E-state index is 13.1. The van der Waals surface area contributed by atoms with Crippen molar-refractivity contribution in [2.45, 2.75) is 18.5 Å². The van der Waals surface area contributed by atoms with Gasteiger partial charge in [0.25, 0.3) is 0 Å². The number of methoxy groups -OCH3 is 1. The first-order valence-corrected chi connectivity index (χ1v) is 10.7. The summed E-state index contributed by atoms with van der Waals surface area (Å²) < 4.78 is 20.1. The molecule has 3 rings (SSSR count). The van der Waals surface area contributed by atoms with Crippen LogP contribution in [0.3, 0.4) is 0 Å². The Kier molecular flexibility index (Phi) is 7.64. The number of hydrogen-bond donors (Lipinski definition) is 1. The third-order valence-corrected chi connectivity index (χ3v) is 5.54. The Labute approximate surface area is 188 Å². The monoisotopic (exact) mass is 462 g/mol. The number of hydrogen-bond acceptors (Lipinski definition) is 6. The van der Waals surface area contributed by atoms with Crippen molar-refractivity contribution < 1.29 is 18.7 Å². The van der Waals surface area contributed by atoms with Gasteiger partial charge in [0.2, 0.25) is 5.91 Å². The predicted molar refractivity (Wildman–Crippen MR) is 117 cm³/mol. The van der Waals surface area contributed by atoms with Crippen molar-refractivity contribution in [2.75, 3.05) is 19.4 Å². The smallest absolute Gasteiger partial charge is 0.216 e. The zero-order valence-electron chi connectivity index (χ0n) is 16.9. The van der Waals surface area contributed by atoms with E-state index in [1.165, 1.54) is 50.1 Å². The van der Waals surface area contributed by atoms with Gasteiger partial charge in [0.05, 0.1) is 23.6 Å². The highest BCUT2D eigenvalue weighted by Gasteiger charge is 2.17. The van der Waals surface area contributed by atoms with Gasteiger partial charge < -0.3 is 10.1 Å². The molecule has 0 saturated heterocycles. The van der Waals surface area contributed by atoms with Crippen molar-refractivity contribution >= 4 is 35.1 Å². The Balaban J connectivity index is 1.85. The van der Waals surface area contributed by atoms with Crippen molar-refractivity contribution in [3.8, 4) is 11.4 Å². The first-order valence-electron chi connectivity index (χ1n) is 9.33. The Bertz CT molecular complexity index is 1090. The van der Waals surface area contributed by atoms with Crippen LogP contribution in [0.25, 0.3) is 5.69 Å². The molecule has 3 aromatic rings. The van der Waals surface area contributed by atoms with E-state index in [0.29, 0.717) is 46.0 Å². The van der Waals surface area contributed by atoms with E-state index in [9.17, 15) is 14.0 Å². The first kappa shape index (κ1) is 22.8. The molecule has 7 nitrogen and oxygen atoms in total. The standard InChI is InChI=1S/C21H20ClFN4O3S/c1-13(28)24-10-9-20-25-26-21(27(20)16-7-8-19(30-2)17(22)11-16)31-12-18(29)14-3-5-15(23)6-4-14/h3-8,11H,9-10,12H2,1-2H3,(H,24,28). The minimum Gasteiger partial charge on any atom is -0.495 e. The van der Waals surface area contributed by atoms with Crippen LogP contribution in [0.15, 0.2) is 47.6 Å². The van der Waals surface area contributed by atoms with Crippen LogP contribution in [0.5, 0.6) is 5.75 Å². The van der Waals surface area contributed by atoms with E-state index in [1.807, 2.05) is 6.07 Å². The molecule has 2 aromatic carbocycles. The topological polar surface area (TPSA) is 86.1 Å². The number of thioether (sulfide) groups is 1. The third kappa shape index (κ3) is 5.83. The highest BCUT2D eigenvalue weighted by Crippen LogP contribution is 2.30. The molecule has 0 bridgehead atoms. The van der Waals surface area contributed by atoms with Gasteiger partial charge in [0.1, 0.15) is 17.4 Å². The minimum atomic E-state index is -0.399. The van der Waals surface area contributed by atoms with Gasteiger partial charge in [-0.3, -0.25) is 14.2 Å². The van der Waals surface area contributed by atoms with Crippen LogP contribution in [-0.2, 0) is 11.2 Å². The first-order chi connectivity index (χ1) is 14.9. The van der Waals surface area contributed by atoms with E-state index in [-0.39, 0.29) is 17.4 Å². The summed E-state index contributed by atoms with van der Waals surface area (Å²) in [7, 11) is 1.53. The summed E-state index contributed by atoms with van der Waals surface area (Å²) in [6, 6.07) is 10.7. The molecule has 1 amide bonds. The third-order valence-electron chi connectivity index (χ3n) is 4.32. The number of nitrogens with zero attached hydrogens (tertiary/aromatic N) is 3. The summed E-state index contributed by atoms with van der Waals surface area (Å²) in [6.45, 7) is 1.83. The number of ketones is 1. The molecule has 1 aromatic heterocycles. The summed E-state index contributed by atoms with van der Waals surface area (Å²) in [5.74, 6) is 0.527. The van der Waals surface area contributed by atoms with E-state index in [0.717, 1.165) is 0 Å². The Morgan fingerprint density at radius 1 is 1.19 bits per heavy atom. The number of carbonyl (C=O) groups is 2. The van der Waals surface area contributed by atoms with Gasteiger partial charge in [-0.1, -0.05) is 23.4 Å². The summed E-state index contributed by atoms with van der Waals surface area (Å²) in [4.78, 5) is 23.7. The second kappa shape index (κ2) is 10.4. The zero-order valence-corrected chi connectivity index (χ0v) is 18.5. The lowest BCUT2D eigenvalue weighted by Gasteiger charge is -2.12. The lowest BCUT2D eigenvalue weighted by atomic mass is 10.1. The van der Waals surface area contributed by atoms with E-state index in [4.69, 9.17) is 16.3 Å². The molecule has 0 unspecified atom stereocenters. The quantitative estimate of drug-likeness (QED) is 0.385. The molecule has 0 atom stereocenters. The number of Topliss-reactive ketones (excluding diaryl/α,β-unsaturated/α-hetero) is 1. The summed E-state index contributed by atoms with van der Waals surface area (Å²) in [6.07, 6.45) is 0.433. The second-order valence-electron chi connectivity index (χ2n) is 6.50. The van der Waals surface area contributed by atoms with Crippen LogP contribution in [-0.4, -0.2) is 45.9 Å². The van der Waals surface area contributed by atoms with Crippen molar-refractivity contribution in [3.05, 3.63) is 64.7 Å². The lowest BCUT2D eigenvalue weighted by Crippen LogP contribution is -2.23. The SMILES string of the molecule is COc1ccc(-n2c(CCNC(C)=O)nnc2SCC(=O)c2ccc(F)cc2)cc1Cl. The van der Waals surface area contributed by atoms with E-state index < -0.39 is 5.82 Å². The summed E-state index contributed by atoms with van der Waals surface area (Å²) in [5.41, 5.74) is 1.11. The lowest BCUT2D eigenvalue weighted by molar-refractivity contribution is -0.118. The van der Waals surface area contributed by atoms with Crippen LogP contribution in [0, 0.1) is 5.82 Å². The van der Waals surface area contributed by atoms with Gasteiger partial charge in [0, 0.05) is 25.5 Å². The molecule has 0 aliphatic rings. The zero-order chi connectivity index (χ0) is 22.4. The van der Waals surface area contributed by atoms with Gasteiger partial charge in [-0.15, -0.1) is 10.2 Å². The van der Waals surface area contributed by atoms with Gasteiger partial charge >= 0.3 is 0 Å². The Hall–Kier alpha value is -2.91. The Morgan fingerprint density at radius 3 is 2.58 bits per heavy atom. The highest BCUT2D eigenvalue weighted by atomic mass is 35.5. The molecule has 0 saturated carbocycles. The molecule has 1 heterocycles. The van der Waals surface area contributed by atoms with Gasteiger partial charge in [-0.25, -0.2) is 4.39 Å². The molecule has 162 valence electrons. The van der Waals surface area contributed by atoms with Crippen LogP contribution in [0.4, 0.5) is 4.39 Å². The molecule has 1 N–H and O–H groups in total. The molecular weight excluding hydrogens is 443 g/mol. The molecular formula is C21H20ClFN4O3S. The average Bonchev–Trinajstić information content (AvgIpc) is 3.15. The number of ether oxygens (including phenoxy) is 1. The number of benzene rings is 2. The maximum atomic E-state index is 13.1. The fraction of sp³-hybridized carbons (Fsp3) is 0.238. The number of rotatable bonds is 9. The molecule has 0 fully saturated rings. The van der Waals surface area contributed by atoms with Crippen molar-refractivity contribution in [3.63, 3.8) is 0 Å². The number of aromatic nitrogens is 3. The summed E-state index contributed by atoms with van der Waals surface area (Å²) in [5, 5.41) is 12.1. The van der Waals surface area contributed by atoms with Crippen LogP contribution in [0.2, 0.25) is 5.02 Å². The predicted octanol–water partition coefficient (Wildman–Crippen LogP) is 3.72. The molecule has 0 aliphatic carbocycles. The maximum Gasteiger partial charge on any atom is 0.216 e. The van der Waals surface area contributed by atoms with E-state index in [1.54, 1.807) is 16.7 Å². The number of nitrogens with one attached hydrogen (secondary N) is 1. The largest absolute Gasteiger partial charge is 0.495 e. The normalized spacial score (nSPS) is 10.7. The molecule has 0 radical (unpaired) electrons. The average molecular weight is 463 g/mol. The minimum absolute atomic E-state index is 0.0966. The van der Waals surface area contributed by atoms with Crippen molar-refractivity contribution in [1.29, 1.82) is 0 Å². The number of amides is 1. The van der Waals surface area contributed by atoms with Gasteiger partial charge in [0.15, 0.2) is 10.9 Å². The molecule has 10 heteroatoms. The highest BCUT2D eigenvalue weighted by molar-refractivity contribution is 7.99. The van der Waals surface area contributed by atoms with Crippen LogP contribution in [0.1, 0.15) is 23.1 Å². The Morgan fingerprint density at radius 2 is 1.94 bits per heavy atom. The van der Waals surface area contributed by atoms with Crippen LogP contribution >= 0.6 is 23.4 Å². The second-order valence-corrected chi connectivity index (χ2v) is 7.85. The molecule has 31 heavy (non-hydrogen) atoms. The number of halogens is 2. The van der Waals surface area contributed by atoms with E-state index in [2.05, 4.69) is 15.5 Å². The van der Waals surface area contributed by atoms with Gasteiger partial charge in [-0.2, -0.15) is 0 Å². The van der Waals surface area contributed by atoms with E-state index >= 15 is 0 Å². The summed E-state index contributed by atoms with van der Waals surface area (Å²) >= 11 is 7.50. The number of carbonyl (C=O) groups excluding carboxylic acids is 2. The van der Waals surface area contributed by atoms with Crippen LogP contribution < -0.4 is 10.1 Å². The van der Waals surface area contributed by atoms with Gasteiger partial charge in [-0.05, 0) is 42.5 Å².